The van der Waals surface area contributed by atoms with Gasteiger partial charge in [-0.15, -0.1) is 0 Å². The minimum atomic E-state index is -0.0272. The molecule has 1 heterocycles. The Hall–Kier alpha value is -2.93. The molecule has 2 aromatic rings. The standard InChI is InChI=1S/C22H28N2O5/c1-13-18(24-25)12-19(16-10-14(26-2)6-8-20(16)28-4)23-22(13)17-11-15(27-3)7-9-21(17)29-5/h6-11,13,19,22-23,25H,12H2,1-5H3/p+1/b24-18+/t13-,19+,22-/m1/s1. The fraction of sp³-hybridized carbons (Fsp3) is 0.409. The van der Waals surface area contributed by atoms with Crippen LogP contribution in [0.1, 0.15) is 36.6 Å². The van der Waals surface area contributed by atoms with E-state index in [0.29, 0.717) is 6.42 Å². The van der Waals surface area contributed by atoms with E-state index >= 15 is 0 Å². The summed E-state index contributed by atoms with van der Waals surface area (Å²) in [5, 5.41) is 15.6. The van der Waals surface area contributed by atoms with Crippen LogP contribution < -0.4 is 24.3 Å². The summed E-state index contributed by atoms with van der Waals surface area (Å²) in [5.41, 5.74) is 2.72. The van der Waals surface area contributed by atoms with Crippen molar-refractivity contribution in [2.24, 2.45) is 11.1 Å². The molecule has 2 aromatic carbocycles. The first-order valence-electron chi connectivity index (χ1n) is 9.55. The Morgan fingerprint density at radius 1 is 0.862 bits per heavy atom. The second-order valence-corrected chi connectivity index (χ2v) is 7.12. The lowest BCUT2D eigenvalue weighted by Crippen LogP contribution is -2.90. The lowest BCUT2D eigenvalue weighted by atomic mass is 9.81. The molecule has 7 heteroatoms. The van der Waals surface area contributed by atoms with E-state index in [1.165, 1.54) is 0 Å². The smallest absolute Gasteiger partial charge is 0.128 e. The molecule has 1 aliphatic rings. The Balaban J connectivity index is 2.07. The number of ether oxygens (including phenoxy) is 4. The van der Waals surface area contributed by atoms with E-state index < -0.39 is 0 Å². The van der Waals surface area contributed by atoms with E-state index in [1.807, 2.05) is 36.4 Å². The van der Waals surface area contributed by atoms with E-state index in [-0.39, 0.29) is 18.0 Å². The van der Waals surface area contributed by atoms with E-state index in [0.717, 1.165) is 39.8 Å². The van der Waals surface area contributed by atoms with Gasteiger partial charge in [0.2, 0.25) is 0 Å². The van der Waals surface area contributed by atoms with Crippen LogP contribution in [-0.4, -0.2) is 39.4 Å². The summed E-state index contributed by atoms with van der Waals surface area (Å²) in [4.78, 5) is 0. The van der Waals surface area contributed by atoms with Crippen LogP contribution in [-0.2, 0) is 0 Å². The fourth-order valence-electron chi connectivity index (χ4n) is 4.05. The number of hydrogen-bond acceptors (Lipinski definition) is 6. The molecule has 3 rings (SSSR count). The van der Waals surface area contributed by atoms with Crippen molar-refractivity contribution in [1.29, 1.82) is 0 Å². The van der Waals surface area contributed by atoms with E-state index in [1.54, 1.807) is 28.4 Å². The van der Waals surface area contributed by atoms with Gasteiger partial charge in [-0.1, -0.05) is 12.1 Å². The van der Waals surface area contributed by atoms with Crippen molar-refractivity contribution in [1.82, 2.24) is 0 Å². The van der Waals surface area contributed by atoms with Crippen molar-refractivity contribution < 1.29 is 29.5 Å². The third-order valence-electron chi connectivity index (χ3n) is 5.69. The molecule has 1 fully saturated rings. The molecule has 0 unspecified atom stereocenters. The van der Waals surface area contributed by atoms with Crippen molar-refractivity contribution in [3.8, 4) is 23.0 Å². The van der Waals surface area contributed by atoms with Gasteiger partial charge in [0.05, 0.1) is 51.2 Å². The summed E-state index contributed by atoms with van der Waals surface area (Å²) in [5.74, 6) is 3.06. The monoisotopic (exact) mass is 401 g/mol. The lowest BCUT2D eigenvalue weighted by molar-refractivity contribution is -0.741. The number of oxime groups is 1. The van der Waals surface area contributed by atoms with Crippen LogP contribution in [0.25, 0.3) is 0 Å². The second-order valence-electron chi connectivity index (χ2n) is 7.12. The topological polar surface area (TPSA) is 86.1 Å². The van der Waals surface area contributed by atoms with Crippen molar-refractivity contribution in [2.75, 3.05) is 28.4 Å². The first-order valence-corrected chi connectivity index (χ1v) is 9.55. The molecule has 0 aliphatic carbocycles. The summed E-state index contributed by atoms with van der Waals surface area (Å²) in [6, 6.07) is 11.5. The molecule has 3 atom stereocenters. The SMILES string of the molecule is COc1ccc(OC)c([C@@H]2C/C(=N\O)[C@@H](C)[C@H](c3cc(OC)ccc3OC)[NH2+]2)c1. The van der Waals surface area contributed by atoms with Crippen LogP contribution in [0.15, 0.2) is 41.6 Å². The maximum atomic E-state index is 9.71. The molecule has 0 amide bonds. The number of quaternary nitrogens is 1. The van der Waals surface area contributed by atoms with Gasteiger partial charge in [-0.05, 0) is 36.4 Å². The van der Waals surface area contributed by atoms with Gasteiger partial charge in [-0.3, -0.25) is 0 Å². The van der Waals surface area contributed by atoms with Gasteiger partial charge >= 0.3 is 0 Å². The van der Waals surface area contributed by atoms with E-state index in [9.17, 15) is 5.21 Å². The Morgan fingerprint density at radius 2 is 1.41 bits per heavy atom. The highest BCUT2D eigenvalue weighted by atomic mass is 16.5. The number of benzene rings is 2. The predicted molar refractivity (Wildman–Crippen MR) is 110 cm³/mol. The number of rotatable bonds is 6. The number of methoxy groups -OCH3 is 4. The average molecular weight is 401 g/mol. The van der Waals surface area contributed by atoms with Gasteiger partial charge in [0.15, 0.2) is 0 Å². The molecule has 1 saturated heterocycles. The number of hydrogen-bond donors (Lipinski definition) is 2. The quantitative estimate of drug-likeness (QED) is 0.574. The molecular weight excluding hydrogens is 372 g/mol. The molecule has 7 nitrogen and oxygen atoms in total. The highest BCUT2D eigenvalue weighted by Crippen LogP contribution is 2.38. The second kappa shape index (κ2) is 9.05. The molecule has 3 N–H and O–H groups in total. The van der Waals surface area contributed by atoms with Crippen molar-refractivity contribution in [3.63, 3.8) is 0 Å². The molecule has 29 heavy (non-hydrogen) atoms. The van der Waals surface area contributed by atoms with Gasteiger partial charge in [0, 0.05) is 6.42 Å². The summed E-state index contributed by atoms with van der Waals surface area (Å²) in [6.45, 7) is 2.06. The Morgan fingerprint density at radius 3 is 1.93 bits per heavy atom. The molecule has 1 aliphatic heterocycles. The molecule has 156 valence electrons. The van der Waals surface area contributed by atoms with Crippen LogP contribution in [0.5, 0.6) is 23.0 Å². The molecular formula is C22H29N2O5+. The maximum absolute atomic E-state index is 9.71. The highest BCUT2D eigenvalue weighted by molar-refractivity contribution is 5.87. The normalized spacial score (nSPS) is 22.9. The van der Waals surface area contributed by atoms with Crippen molar-refractivity contribution in [2.45, 2.75) is 25.4 Å². The summed E-state index contributed by atoms with van der Waals surface area (Å²) >= 11 is 0. The Labute approximate surface area is 171 Å². The van der Waals surface area contributed by atoms with Crippen LogP contribution in [0.4, 0.5) is 0 Å². The van der Waals surface area contributed by atoms with E-state index in [2.05, 4.69) is 17.4 Å². The third kappa shape index (κ3) is 4.10. The predicted octanol–water partition coefficient (Wildman–Crippen LogP) is 2.94. The van der Waals surface area contributed by atoms with Crippen LogP contribution >= 0.6 is 0 Å². The first-order chi connectivity index (χ1) is 14.1. The lowest BCUT2D eigenvalue weighted by Gasteiger charge is -2.34. The summed E-state index contributed by atoms with van der Waals surface area (Å²) in [6.07, 6.45) is 0.601. The summed E-state index contributed by atoms with van der Waals surface area (Å²) < 4.78 is 22.0. The largest absolute Gasteiger partial charge is 0.497 e. The minimum absolute atomic E-state index is 0.00820. The zero-order valence-corrected chi connectivity index (χ0v) is 17.5. The Bertz CT molecular complexity index is 884. The average Bonchev–Trinajstić information content (AvgIpc) is 2.78. The van der Waals surface area contributed by atoms with Crippen LogP contribution in [0, 0.1) is 5.92 Å². The maximum Gasteiger partial charge on any atom is 0.128 e. The van der Waals surface area contributed by atoms with Gasteiger partial charge < -0.3 is 29.5 Å². The molecule has 0 bridgehead atoms. The first kappa shape index (κ1) is 20.8. The van der Waals surface area contributed by atoms with Gasteiger partial charge in [-0.2, -0.15) is 0 Å². The zero-order chi connectivity index (χ0) is 21.0. The van der Waals surface area contributed by atoms with Crippen molar-refractivity contribution >= 4 is 5.71 Å². The van der Waals surface area contributed by atoms with Crippen LogP contribution in [0.2, 0.25) is 0 Å². The molecule has 0 saturated carbocycles. The molecule has 0 radical (unpaired) electrons. The third-order valence-corrected chi connectivity index (χ3v) is 5.69. The number of piperidine rings is 1. The highest BCUT2D eigenvalue weighted by Gasteiger charge is 2.40. The van der Waals surface area contributed by atoms with Gasteiger partial charge in [-0.25, -0.2) is 0 Å². The summed E-state index contributed by atoms with van der Waals surface area (Å²) in [7, 11) is 6.59. The molecule has 0 spiro atoms. The fourth-order valence-corrected chi connectivity index (χ4v) is 4.05. The molecule has 0 aromatic heterocycles. The number of nitrogens with two attached hydrogens (primary N) is 1. The Kier molecular flexibility index (Phi) is 6.49. The van der Waals surface area contributed by atoms with Crippen LogP contribution in [0.3, 0.4) is 0 Å². The van der Waals surface area contributed by atoms with E-state index in [4.69, 9.17) is 18.9 Å². The van der Waals surface area contributed by atoms with Gasteiger partial charge in [0.1, 0.15) is 35.1 Å². The minimum Gasteiger partial charge on any atom is -0.497 e. The zero-order valence-electron chi connectivity index (χ0n) is 17.5. The van der Waals surface area contributed by atoms with Gasteiger partial charge in [0.25, 0.3) is 0 Å². The van der Waals surface area contributed by atoms with Crippen molar-refractivity contribution in [3.05, 3.63) is 47.5 Å². The number of nitrogens with zero attached hydrogens (tertiary/aromatic N) is 1.